The Morgan fingerprint density at radius 2 is 1.46 bits per heavy atom. The van der Waals surface area contributed by atoms with Gasteiger partial charge in [-0.3, -0.25) is 0 Å². The first-order valence-corrected chi connectivity index (χ1v) is 13.3. The SMILES string of the molecule is CCCCCCCCCCCCOC(=O)c1cccc(Cc2cc(Cl)c(O)c(C(=O)OCC)c2)c1. The van der Waals surface area contributed by atoms with Crippen molar-refractivity contribution in [3.05, 3.63) is 63.7 Å². The smallest absolute Gasteiger partial charge is 0.341 e. The van der Waals surface area contributed by atoms with Crippen LogP contribution in [-0.2, 0) is 15.9 Å². The Morgan fingerprint density at radius 1 is 0.800 bits per heavy atom. The minimum atomic E-state index is -0.627. The molecule has 5 nitrogen and oxygen atoms in total. The molecule has 6 heteroatoms. The van der Waals surface area contributed by atoms with Crippen molar-refractivity contribution in [3.8, 4) is 5.75 Å². The van der Waals surface area contributed by atoms with Gasteiger partial charge < -0.3 is 14.6 Å². The Labute approximate surface area is 214 Å². The number of aromatic hydroxyl groups is 1. The van der Waals surface area contributed by atoms with Crippen LogP contribution in [0.2, 0.25) is 5.02 Å². The number of rotatable bonds is 16. The van der Waals surface area contributed by atoms with Gasteiger partial charge in [-0.05, 0) is 55.2 Å². The fourth-order valence-electron chi connectivity index (χ4n) is 4.00. The number of carbonyl (C=O) groups excluding carboxylic acids is 2. The van der Waals surface area contributed by atoms with Crippen molar-refractivity contribution in [1.29, 1.82) is 0 Å². The summed E-state index contributed by atoms with van der Waals surface area (Å²) in [6.07, 6.45) is 12.8. The van der Waals surface area contributed by atoms with Crippen LogP contribution in [0.4, 0.5) is 0 Å². The average Bonchev–Trinajstić information content (AvgIpc) is 2.84. The molecule has 2 aromatic rings. The Bertz CT molecular complexity index is 941. The third-order valence-corrected chi connectivity index (χ3v) is 6.21. The van der Waals surface area contributed by atoms with E-state index in [-0.39, 0.29) is 28.9 Å². The van der Waals surface area contributed by atoms with Crippen LogP contribution in [0.25, 0.3) is 0 Å². The van der Waals surface area contributed by atoms with Gasteiger partial charge in [-0.25, -0.2) is 9.59 Å². The Hall–Kier alpha value is -2.53. The van der Waals surface area contributed by atoms with Gasteiger partial charge >= 0.3 is 11.9 Å². The number of carbonyl (C=O) groups is 2. The van der Waals surface area contributed by atoms with Crippen molar-refractivity contribution in [3.63, 3.8) is 0 Å². The van der Waals surface area contributed by atoms with Crippen LogP contribution >= 0.6 is 11.6 Å². The van der Waals surface area contributed by atoms with Crippen LogP contribution < -0.4 is 0 Å². The number of hydrogen-bond acceptors (Lipinski definition) is 5. The lowest BCUT2D eigenvalue weighted by molar-refractivity contribution is 0.0494. The van der Waals surface area contributed by atoms with Gasteiger partial charge in [0.2, 0.25) is 0 Å². The zero-order valence-corrected chi connectivity index (χ0v) is 21.9. The summed E-state index contributed by atoms with van der Waals surface area (Å²) in [6.45, 7) is 4.56. The minimum Gasteiger partial charge on any atom is -0.505 e. The second kappa shape index (κ2) is 16.2. The third kappa shape index (κ3) is 10.3. The van der Waals surface area contributed by atoms with E-state index in [0.717, 1.165) is 24.0 Å². The second-order valence-electron chi connectivity index (χ2n) is 8.89. The van der Waals surface area contributed by atoms with Crippen LogP contribution in [0.5, 0.6) is 5.75 Å². The number of ether oxygens (including phenoxy) is 2. The average molecular weight is 503 g/mol. The number of esters is 2. The maximum atomic E-state index is 12.5. The molecule has 0 aliphatic carbocycles. The molecular formula is C29H39ClO5. The van der Waals surface area contributed by atoms with E-state index in [2.05, 4.69) is 6.92 Å². The monoisotopic (exact) mass is 502 g/mol. The summed E-state index contributed by atoms with van der Waals surface area (Å²) >= 11 is 6.12. The molecule has 0 aromatic heterocycles. The van der Waals surface area contributed by atoms with E-state index in [0.29, 0.717) is 18.6 Å². The van der Waals surface area contributed by atoms with Crippen LogP contribution in [0.1, 0.15) is 110 Å². The predicted octanol–water partition coefficient (Wildman–Crippen LogP) is 7.89. The van der Waals surface area contributed by atoms with Gasteiger partial charge in [-0.15, -0.1) is 0 Å². The topological polar surface area (TPSA) is 72.8 Å². The quantitative estimate of drug-likeness (QED) is 0.186. The first kappa shape index (κ1) is 28.7. The highest BCUT2D eigenvalue weighted by atomic mass is 35.5. The molecule has 192 valence electrons. The van der Waals surface area contributed by atoms with Crippen molar-refractivity contribution in [2.75, 3.05) is 13.2 Å². The lowest BCUT2D eigenvalue weighted by Crippen LogP contribution is -2.07. The van der Waals surface area contributed by atoms with Gasteiger partial charge in [0, 0.05) is 0 Å². The van der Waals surface area contributed by atoms with E-state index in [4.69, 9.17) is 21.1 Å². The number of halogens is 1. The molecule has 0 aliphatic heterocycles. The second-order valence-corrected chi connectivity index (χ2v) is 9.30. The molecule has 0 heterocycles. The molecule has 2 rings (SSSR count). The molecule has 0 spiro atoms. The largest absolute Gasteiger partial charge is 0.505 e. The van der Waals surface area contributed by atoms with Gasteiger partial charge in [-0.2, -0.15) is 0 Å². The van der Waals surface area contributed by atoms with E-state index in [1.807, 2.05) is 6.07 Å². The number of hydrogen-bond donors (Lipinski definition) is 1. The van der Waals surface area contributed by atoms with Crippen molar-refractivity contribution in [2.24, 2.45) is 0 Å². The Kier molecular flexibility index (Phi) is 13.3. The summed E-state index contributed by atoms with van der Waals surface area (Å²) in [5.74, 6) is -1.25. The fraction of sp³-hybridized carbons (Fsp3) is 0.517. The summed E-state index contributed by atoms with van der Waals surface area (Å²) in [5, 5.41) is 10.2. The van der Waals surface area contributed by atoms with E-state index in [1.54, 1.807) is 37.3 Å². The van der Waals surface area contributed by atoms with E-state index >= 15 is 0 Å². The van der Waals surface area contributed by atoms with Crippen molar-refractivity contribution < 1.29 is 24.2 Å². The molecular weight excluding hydrogens is 464 g/mol. The third-order valence-electron chi connectivity index (χ3n) is 5.92. The fourth-order valence-corrected chi connectivity index (χ4v) is 4.25. The number of phenolic OH excluding ortho intramolecular Hbond substituents is 1. The van der Waals surface area contributed by atoms with Crippen LogP contribution in [0.15, 0.2) is 36.4 Å². The molecule has 0 amide bonds. The number of benzene rings is 2. The van der Waals surface area contributed by atoms with Gasteiger partial charge in [0.05, 0.1) is 23.8 Å². The van der Waals surface area contributed by atoms with Crippen molar-refractivity contribution in [1.82, 2.24) is 0 Å². The van der Waals surface area contributed by atoms with Gasteiger partial charge in [0.25, 0.3) is 0 Å². The molecule has 0 bridgehead atoms. The van der Waals surface area contributed by atoms with Crippen LogP contribution in [0, 0.1) is 0 Å². The summed E-state index contributed by atoms with van der Waals surface area (Å²) in [7, 11) is 0. The van der Waals surface area contributed by atoms with Crippen molar-refractivity contribution in [2.45, 2.75) is 84.5 Å². The Balaban J connectivity index is 1.80. The summed E-state index contributed by atoms with van der Waals surface area (Å²) in [5.41, 5.74) is 2.12. The zero-order valence-electron chi connectivity index (χ0n) is 21.1. The van der Waals surface area contributed by atoms with Gasteiger partial charge in [0.15, 0.2) is 0 Å². The van der Waals surface area contributed by atoms with Crippen LogP contribution in [-0.4, -0.2) is 30.3 Å². The minimum absolute atomic E-state index is 0.0291. The van der Waals surface area contributed by atoms with E-state index in [9.17, 15) is 14.7 Å². The number of unbranched alkanes of at least 4 members (excludes halogenated alkanes) is 9. The van der Waals surface area contributed by atoms with Crippen LogP contribution in [0.3, 0.4) is 0 Å². The lowest BCUT2D eigenvalue weighted by atomic mass is 10.0. The molecule has 35 heavy (non-hydrogen) atoms. The molecule has 0 saturated heterocycles. The van der Waals surface area contributed by atoms with E-state index in [1.165, 1.54) is 51.4 Å². The zero-order chi connectivity index (χ0) is 25.5. The first-order chi connectivity index (χ1) is 17.0. The maximum Gasteiger partial charge on any atom is 0.341 e. The molecule has 1 N–H and O–H groups in total. The molecule has 0 atom stereocenters. The highest BCUT2D eigenvalue weighted by Gasteiger charge is 2.17. The Morgan fingerprint density at radius 3 is 2.11 bits per heavy atom. The van der Waals surface area contributed by atoms with E-state index < -0.39 is 5.97 Å². The predicted molar refractivity (Wildman–Crippen MR) is 140 cm³/mol. The highest BCUT2D eigenvalue weighted by molar-refractivity contribution is 6.32. The molecule has 0 radical (unpaired) electrons. The molecule has 2 aromatic carbocycles. The summed E-state index contributed by atoms with van der Waals surface area (Å²) in [6, 6.07) is 10.4. The molecule has 0 aliphatic rings. The first-order valence-electron chi connectivity index (χ1n) is 12.9. The molecule has 0 fully saturated rings. The normalized spacial score (nSPS) is 10.8. The molecule has 0 unspecified atom stereocenters. The number of phenols is 1. The standard InChI is InChI=1S/C29H39ClO5/c1-3-5-6-7-8-9-10-11-12-13-17-35-28(32)24-16-14-15-22(19-24)18-23-20-25(29(33)34-4-2)27(31)26(30)21-23/h14-16,19-21,31H,3-13,17-18H2,1-2H3. The van der Waals surface area contributed by atoms with Gasteiger partial charge in [-0.1, -0.05) is 88.4 Å². The highest BCUT2D eigenvalue weighted by Crippen LogP contribution is 2.30. The van der Waals surface area contributed by atoms with Crippen molar-refractivity contribution >= 4 is 23.5 Å². The van der Waals surface area contributed by atoms with Gasteiger partial charge in [0.1, 0.15) is 11.3 Å². The summed E-state index contributed by atoms with van der Waals surface area (Å²) < 4.78 is 10.5. The summed E-state index contributed by atoms with van der Waals surface area (Å²) in [4.78, 5) is 24.6. The lowest BCUT2D eigenvalue weighted by Gasteiger charge is -2.10. The molecule has 0 saturated carbocycles. The maximum absolute atomic E-state index is 12.5.